The zero-order valence-electron chi connectivity index (χ0n) is 11.7. The van der Waals surface area contributed by atoms with Gasteiger partial charge in [-0.25, -0.2) is 0 Å². The number of nitro benzene ring substituents is 1. The van der Waals surface area contributed by atoms with E-state index in [9.17, 15) is 10.1 Å². The van der Waals surface area contributed by atoms with E-state index in [-0.39, 0.29) is 10.6 Å². The topological polar surface area (TPSA) is 64.4 Å². The van der Waals surface area contributed by atoms with Gasteiger partial charge < -0.3 is 10.1 Å². The molecule has 108 valence electrons. The van der Waals surface area contributed by atoms with Crippen LogP contribution in [-0.4, -0.2) is 23.7 Å². The first-order valence-electron chi connectivity index (χ1n) is 7.28. The minimum atomic E-state index is -0.333. The second-order valence-electron chi connectivity index (χ2n) is 5.80. The Hall–Kier alpha value is -1.62. The predicted molar refractivity (Wildman–Crippen MR) is 76.9 cm³/mol. The van der Waals surface area contributed by atoms with Crippen LogP contribution >= 0.6 is 0 Å². The molecule has 1 heterocycles. The Morgan fingerprint density at radius 2 is 2.20 bits per heavy atom. The summed E-state index contributed by atoms with van der Waals surface area (Å²) in [5.41, 5.74) is 1.86. The largest absolute Gasteiger partial charge is 0.382 e. The molecule has 20 heavy (non-hydrogen) atoms. The van der Waals surface area contributed by atoms with Gasteiger partial charge in [0, 0.05) is 35.9 Å². The van der Waals surface area contributed by atoms with Crippen LogP contribution in [0.2, 0.25) is 0 Å². The number of nitro groups is 1. The third-order valence-electron chi connectivity index (χ3n) is 4.53. The third-order valence-corrected chi connectivity index (χ3v) is 4.53. The van der Waals surface area contributed by atoms with Gasteiger partial charge in [0.15, 0.2) is 0 Å². The van der Waals surface area contributed by atoms with Gasteiger partial charge in [-0.3, -0.25) is 10.1 Å². The van der Waals surface area contributed by atoms with Crippen molar-refractivity contribution >= 4 is 11.4 Å². The molecule has 1 aromatic carbocycles. The van der Waals surface area contributed by atoms with Crippen LogP contribution in [0.5, 0.6) is 0 Å². The lowest BCUT2D eigenvalue weighted by Crippen LogP contribution is -2.38. The summed E-state index contributed by atoms with van der Waals surface area (Å²) in [7, 11) is 0. The standard InChI is InChI=1S/C15H20N2O3/c1-10-9-11(5-6-14(10)17(18)19)16-13-3-2-4-15-12(13)7-8-20-15/h5-6,9,12-13,15-16H,2-4,7-8H2,1H3. The molecule has 3 atom stereocenters. The normalized spacial score (nSPS) is 28.9. The Labute approximate surface area is 118 Å². The third kappa shape index (κ3) is 2.50. The Morgan fingerprint density at radius 3 is 2.95 bits per heavy atom. The number of ether oxygens (including phenoxy) is 1. The van der Waals surface area contributed by atoms with Gasteiger partial charge in [0.2, 0.25) is 0 Å². The molecule has 5 heteroatoms. The summed E-state index contributed by atoms with van der Waals surface area (Å²) >= 11 is 0. The summed E-state index contributed by atoms with van der Waals surface area (Å²) < 4.78 is 5.77. The lowest BCUT2D eigenvalue weighted by molar-refractivity contribution is -0.385. The lowest BCUT2D eigenvalue weighted by Gasteiger charge is -2.34. The molecular formula is C15H20N2O3. The first kappa shape index (κ1) is 13.4. The molecule has 3 unspecified atom stereocenters. The zero-order chi connectivity index (χ0) is 14.1. The van der Waals surface area contributed by atoms with Crippen LogP contribution in [0.15, 0.2) is 18.2 Å². The van der Waals surface area contributed by atoms with Crippen LogP contribution in [0.4, 0.5) is 11.4 Å². The van der Waals surface area contributed by atoms with E-state index in [2.05, 4.69) is 5.32 Å². The van der Waals surface area contributed by atoms with Gasteiger partial charge in [-0.15, -0.1) is 0 Å². The summed E-state index contributed by atoms with van der Waals surface area (Å²) in [6.45, 7) is 2.65. The predicted octanol–water partition coefficient (Wildman–Crippen LogP) is 3.27. The van der Waals surface area contributed by atoms with E-state index < -0.39 is 0 Å². The summed E-state index contributed by atoms with van der Waals surface area (Å²) in [6.07, 6.45) is 5.03. The lowest BCUT2D eigenvalue weighted by atomic mass is 9.81. The van der Waals surface area contributed by atoms with Crippen LogP contribution in [-0.2, 0) is 4.74 Å². The summed E-state index contributed by atoms with van der Waals surface area (Å²) in [6, 6.07) is 5.70. The molecule has 1 saturated carbocycles. The Kier molecular flexibility index (Phi) is 3.61. The maximum atomic E-state index is 10.8. The molecule has 0 radical (unpaired) electrons. The van der Waals surface area contributed by atoms with Crippen molar-refractivity contribution in [1.82, 2.24) is 0 Å². The van der Waals surface area contributed by atoms with Crippen molar-refractivity contribution in [2.75, 3.05) is 11.9 Å². The molecule has 2 fully saturated rings. The number of aryl methyl sites for hydroxylation is 1. The molecule has 1 aliphatic heterocycles. The molecule has 1 aromatic rings. The number of fused-ring (bicyclic) bond motifs is 1. The van der Waals surface area contributed by atoms with E-state index >= 15 is 0 Å². The number of hydrogen-bond acceptors (Lipinski definition) is 4. The van der Waals surface area contributed by atoms with Crippen molar-refractivity contribution in [3.63, 3.8) is 0 Å². The highest BCUT2D eigenvalue weighted by atomic mass is 16.6. The van der Waals surface area contributed by atoms with Crippen molar-refractivity contribution in [2.24, 2.45) is 5.92 Å². The Balaban J connectivity index is 1.74. The second kappa shape index (κ2) is 5.40. The minimum absolute atomic E-state index is 0.182. The van der Waals surface area contributed by atoms with Gasteiger partial charge in [0.1, 0.15) is 0 Å². The fourth-order valence-corrected chi connectivity index (χ4v) is 3.52. The van der Waals surface area contributed by atoms with Crippen molar-refractivity contribution in [2.45, 2.75) is 44.8 Å². The second-order valence-corrected chi connectivity index (χ2v) is 5.80. The van der Waals surface area contributed by atoms with Gasteiger partial charge in [0.25, 0.3) is 5.69 Å². The van der Waals surface area contributed by atoms with Crippen molar-refractivity contribution in [3.05, 3.63) is 33.9 Å². The van der Waals surface area contributed by atoms with Crippen molar-refractivity contribution < 1.29 is 9.66 Å². The SMILES string of the molecule is Cc1cc(NC2CCCC3OCCC23)ccc1[N+](=O)[O-]. The number of anilines is 1. The molecule has 0 amide bonds. The number of hydrogen-bond donors (Lipinski definition) is 1. The molecule has 1 aliphatic carbocycles. The monoisotopic (exact) mass is 276 g/mol. The van der Waals surface area contributed by atoms with Crippen LogP contribution in [0, 0.1) is 23.0 Å². The molecule has 0 aromatic heterocycles. The minimum Gasteiger partial charge on any atom is -0.382 e. The molecule has 1 N–H and O–H groups in total. The van der Waals surface area contributed by atoms with Crippen molar-refractivity contribution in [3.8, 4) is 0 Å². The molecule has 5 nitrogen and oxygen atoms in total. The molecule has 0 bridgehead atoms. The van der Waals surface area contributed by atoms with Crippen molar-refractivity contribution in [1.29, 1.82) is 0 Å². The summed E-state index contributed by atoms with van der Waals surface area (Å²) in [5.74, 6) is 0.583. The average Bonchev–Trinajstić information content (AvgIpc) is 2.87. The van der Waals surface area contributed by atoms with Gasteiger partial charge in [-0.05, 0) is 44.7 Å². The average molecular weight is 276 g/mol. The van der Waals surface area contributed by atoms with E-state index in [0.29, 0.717) is 23.6 Å². The molecule has 3 rings (SSSR count). The van der Waals surface area contributed by atoms with E-state index in [0.717, 1.165) is 25.1 Å². The maximum absolute atomic E-state index is 10.8. The van der Waals surface area contributed by atoms with E-state index in [1.165, 1.54) is 12.8 Å². The maximum Gasteiger partial charge on any atom is 0.272 e. The van der Waals surface area contributed by atoms with Gasteiger partial charge in [-0.2, -0.15) is 0 Å². The van der Waals surface area contributed by atoms with E-state index in [4.69, 9.17) is 4.74 Å². The quantitative estimate of drug-likeness (QED) is 0.679. The van der Waals surface area contributed by atoms with Gasteiger partial charge >= 0.3 is 0 Å². The van der Waals surface area contributed by atoms with E-state index in [1.807, 2.05) is 12.1 Å². The summed E-state index contributed by atoms with van der Waals surface area (Å²) in [4.78, 5) is 10.5. The molecule has 1 saturated heterocycles. The molecular weight excluding hydrogens is 256 g/mol. The highest BCUT2D eigenvalue weighted by Gasteiger charge is 2.37. The van der Waals surface area contributed by atoms with Gasteiger partial charge in [0.05, 0.1) is 11.0 Å². The number of nitrogens with one attached hydrogen (secondary N) is 1. The Bertz CT molecular complexity index is 518. The molecule has 0 spiro atoms. The van der Waals surface area contributed by atoms with Crippen LogP contribution < -0.4 is 5.32 Å². The number of nitrogens with zero attached hydrogens (tertiary/aromatic N) is 1. The fraction of sp³-hybridized carbons (Fsp3) is 0.600. The first-order valence-corrected chi connectivity index (χ1v) is 7.28. The first-order chi connectivity index (χ1) is 9.65. The van der Waals surface area contributed by atoms with Gasteiger partial charge in [-0.1, -0.05) is 0 Å². The highest BCUT2D eigenvalue weighted by molar-refractivity contribution is 5.54. The van der Waals surface area contributed by atoms with Crippen LogP contribution in [0.3, 0.4) is 0 Å². The number of rotatable bonds is 3. The fourth-order valence-electron chi connectivity index (χ4n) is 3.52. The highest BCUT2D eigenvalue weighted by Crippen LogP contribution is 2.36. The number of benzene rings is 1. The molecule has 2 aliphatic rings. The smallest absolute Gasteiger partial charge is 0.272 e. The van der Waals surface area contributed by atoms with Crippen LogP contribution in [0.25, 0.3) is 0 Å². The van der Waals surface area contributed by atoms with Crippen LogP contribution in [0.1, 0.15) is 31.2 Å². The summed E-state index contributed by atoms with van der Waals surface area (Å²) in [5, 5.41) is 14.4. The van der Waals surface area contributed by atoms with E-state index in [1.54, 1.807) is 13.0 Å². The Morgan fingerprint density at radius 1 is 1.35 bits per heavy atom. The zero-order valence-corrected chi connectivity index (χ0v) is 11.7.